The summed E-state index contributed by atoms with van der Waals surface area (Å²) in [5.74, 6) is -0.382. The Balaban J connectivity index is 1.34. The summed E-state index contributed by atoms with van der Waals surface area (Å²) in [5, 5.41) is 19.7. The van der Waals surface area contributed by atoms with Gasteiger partial charge in [0.15, 0.2) is 16.8 Å². The second kappa shape index (κ2) is 8.70. The molecule has 0 radical (unpaired) electrons. The predicted molar refractivity (Wildman–Crippen MR) is 121 cm³/mol. The summed E-state index contributed by atoms with van der Waals surface area (Å²) in [6.45, 7) is 0.700. The van der Waals surface area contributed by atoms with Gasteiger partial charge in [-0.05, 0) is 62.1 Å². The van der Waals surface area contributed by atoms with Crippen molar-refractivity contribution in [1.82, 2.24) is 0 Å². The van der Waals surface area contributed by atoms with Crippen molar-refractivity contribution in [3.63, 3.8) is 0 Å². The largest absolute Gasteiger partial charge is 0.481 e. The Labute approximate surface area is 193 Å². The van der Waals surface area contributed by atoms with Crippen LogP contribution in [0.15, 0.2) is 51.7 Å². The average molecular weight is 472 g/mol. The van der Waals surface area contributed by atoms with Crippen LogP contribution in [0.2, 0.25) is 5.02 Å². The highest BCUT2D eigenvalue weighted by Gasteiger charge is 2.36. The quantitative estimate of drug-likeness (QED) is 0.406. The maximum atomic E-state index is 12.8. The highest BCUT2D eigenvalue weighted by Crippen LogP contribution is 2.34. The van der Waals surface area contributed by atoms with Gasteiger partial charge < -0.3 is 24.4 Å². The van der Waals surface area contributed by atoms with Crippen molar-refractivity contribution in [3.8, 4) is 17.1 Å². The van der Waals surface area contributed by atoms with E-state index < -0.39 is 12.2 Å². The first kappa shape index (κ1) is 21.8. The van der Waals surface area contributed by atoms with Crippen LogP contribution >= 0.6 is 11.6 Å². The standard InChI is InChI=1S/C24H22ClNO7/c25-19-11-15(26-7-1-2-22(26)28)10-18-20(27)12-21(31-23(18)19)13-3-5-16(6-4-13)32-33-17-8-14(9-17)24(29)30/h3-6,10-12,14,17,22,28H,1-2,7-9H2,(H,29,30). The number of carboxylic acid groups (broad SMARTS) is 1. The van der Waals surface area contributed by atoms with Crippen molar-refractivity contribution in [2.75, 3.05) is 11.4 Å². The van der Waals surface area contributed by atoms with Crippen LogP contribution in [0.4, 0.5) is 5.69 Å². The first-order chi connectivity index (χ1) is 15.9. The van der Waals surface area contributed by atoms with Gasteiger partial charge in [0.2, 0.25) is 0 Å². The monoisotopic (exact) mass is 471 g/mol. The molecule has 2 heterocycles. The van der Waals surface area contributed by atoms with Crippen LogP contribution in [0.1, 0.15) is 25.7 Å². The third-order valence-electron chi connectivity index (χ3n) is 6.18. The van der Waals surface area contributed by atoms with Crippen LogP contribution in [-0.4, -0.2) is 35.1 Å². The van der Waals surface area contributed by atoms with E-state index in [1.165, 1.54) is 6.07 Å². The smallest absolute Gasteiger partial charge is 0.306 e. The van der Waals surface area contributed by atoms with Gasteiger partial charge >= 0.3 is 5.97 Å². The van der Waals surface area contributed by atoms with E-state index in [1.807, 2.05) is 4.90 Å². The van der Waals surface area contributed by atoms with Gasteiger partial charge in [-0.2, -0.15) is 4.89 Å². The molecule has 1 atom stereocenters. The molecular formula is C24H22ClNO7. The molecule has 1 aliphatic heterocycles. The van der Waals surface area contributed by atoms with E-state index in [1.54, 1.807) is 36.4 Å². The third kappa shape index (κ3) is 4.29. The average Bonchev–Trinajstić information content (AvgIpc) is 3.19. The van der Waals surface area contributed by atoms with Gasteiger partial charge in [0.25, 0.3) is 0 Å². The molecule has 0 amide bonds. The van der Waals surface area contributed by atoms with Crippen LogP contribution in [0.3, 0.4) is 0 Å². The molecule has 9 heteroatoms. The molecule has 2 aliphatic rings. The molecular weight excluding hydrogens is 450 g/mol. The molecule has 2 fully saturated rings. The molecule has 1 unspecified atom stereocenters. The van der Waals surface area contributed by atoms with Gasteiger partial charge in [0.1, 0.15) is 18.1 Å². The molecule has 0 bridgehead atoms. The number of rotatable bonds is 6. The van der Waals surface area contributed by atoms with E-state index in [0.717, 1.165) is 6.42 Å². The number of fused-ring (bicyclic) bond motifs is 1. The summed E-state index contributed by atoms with van der Waals surface area (Å²) in [6.07, 6.45) is 1.58. The lowest BCUT2D eigenvalue weighted by molar-refractivity contribution is -0.270. The second-order valence-corrected chi connectivity index (χ2v) is 8.84. The number of carbonyl (C=O) groups is 1. The fraction of sp³-hybridized carbons (Fsp3) is 0.333. The molecule has 1 aliphatic carbocycles. The Hall–Kier alpha value is -3.07. The summed E-state index contributed by atoms with van der Waals surface area (Å²) in [4.78, 5) is 36.1. The minimum absolute atomic E-state index is 0.231. The van der Waals surface area contributed by atoms with Crippen LogP contribution in [0.5, 0.6) is 5.75 Å². The molecule has 8 nitrogen and oxygen atoms in total. The number of nitrogens with zero attached hydrogens (tertiary/aromatic N) is 1. The number of hydrogen-bond acceptors (Lipinski definition) is 7. The highest BCUT2D eigenvalue weighted by atomic mass is 35.5. The fourth-order valence-corrected chi connectivity index (χ4v) is 4.46. The zero-order valence-electron chi connectivity index (χ0n) is 17.6. The van der Waals surface area contributed by atoms with Crippen molar-refractivity contribution >= 4 is 34.2 Å². The zero-order chi connectivity index (χ0) is 23.1. The van der Waals surface area contributed by atoms with E-state index in [2.05, 4.69) is 0 Å². The molecule has 1 saturated heterocycles. The molecule has 3 aromatic rings. The van der Waals surface area contributed by atoms with Gasteiger partial charge in [-0.1, -0.05) is 11.6 Å². The van der Waals surface area contributed by atoms with Gasteiger partial charge in [-0.15, -0.1) is 0 Å². The number of aliphatic hydroxyl groups excluding tert-OH is 1. The van der Waals surface area contributed by atoms with Crippen molar-refractivity contribution in [2.24, 2.45) is 5.92 Å². The maximum absolute atomic E-state index is 12.8. The number of anilines is 1. The molecule has 1 saturated carbocycles. The highest BCUT2D eigenvalue weighted by molar-refractivity contribution is 6.35. The van der Waals surface area contributed by atoms with Crippen LogP contribution in [0, 0.1) is 5.92 Å². The molecule has 1 aromatic heterocycles. The second-order valence-electron chi connectivity index (χ2n) is 8.43. The number of aliphatic carboxylic acids is 1. The van der Waals surface area contributed by atoms with Crippen molar-refractivity contribution < 1.29 is 29.2 Å². The summed E-state index contributed by atoms with van der Waals surface area (Å²) < 4.78 is 5.96. The molecule has 33 heavy (non-hydrogen) atoms. The Morgan fingerprint density at radius 3 is 2.58 bits per heavy atom. The Kier molecular flexibility index (Phi) is 5.74. The third-order valence-corrected chi connectivity index (χ3v) is 6.46. The van der Waals surface area contributed by atoms with Crippen molar-refractivity contribution in [1.29, 1.82) is 0 Å². The topological polar surface area (TPSA) is 109 Å². The summed E-state index contributed by atoms with van der Waals surface area (Å²) in [6, 6.07) is 11.6. The number of halogens is 1. The Morgan fingerprint density at radius 2 is 1.91 bits per heavy atom. The number of aliphatic hydroxyl groups is 1. The van der Waals surface area contributed by atoms with Gasteiger partial charge in [-0.25, -0.2) is 0 Å². The minimum Gasteiger partial charge on any atom is -0.481 e. The van der Waals surface area contributed by atoms with Crippen molar-refractivity contribution in [2.45, 2.75) is 38.0 Å². The molecule has 5 rings (SSSR count). The minimum atomic E-state index is -0.818. The number of hydrogen-bond donors (Lipinski definition) is 2. The molecule has 2 N–H and O–H groups in total. The summed E-state index contributed by atoms with van der Waals surface area (Å²) >= 11 is 6.45. The Bertz CT molecular complexity index is 1250. The molecule has 172 valence electrons. The van der Waals surface area contributed by atoms with E-state index >= 15 is 0 Å². The summed E-state index contributed by atoms with van der Waals surface area (Å²) in [7, 11) is 0. The van der Waals surface area contributed by atoms with Crippen molar-refractivity contribution in [3.05, 3.63) is 57.7 Å². The SMILES string of the molecule is O=C(O)C1CC(OOc2ccc(-c3cc(=O)c4cc(N5CCCC5O)cc(Cl)c4o3)cc2)C1. The van der Waals surface area contributed by atoms with Crippen LogP contribution in [-0.2, 0) is 9.68 Å². The fourth-order valence-electron chi connectivity index (χ4n) is 4.20. The van der Waals surface area contributed by atoms with Crippen LogP contribution in [0.25, 0.3) is 22.3 Å². The lowest BCUT2D eigenvalue weighted by Crippen LogP contribution is -2.36. The predicted octanol–water partition coefficient (Wildman–Crippen LogP) is 4.21. The first-order valence-electron chi connectivity index (χ1n) is 10.8. The maximum Gasteiger partial charge on any atom is 0.306 e. The Morgan fingerprint density at radius 1 is 1.15 bits per heavy atom. The zero-order valence-corrected chi connectivity index (χ0v) is 18.3. The van der Waals surface area contributed by atoms with E-state index in [-0.39, 0.29) is 17.5 Å². The van der Waals surface area contributed by atoms with Gasteiger partial charge in [0.05, 0.1) is 16.3 Å². The number of carboxylic acids is 1. The van der Waals surface area contributed by atoms with Gasteiger partial charge in [-0.3, -0.25) is 9.59 Å². The molecule has 0 spiro atoms. The normalized spacial score (nSPS) is 22.4. The number of benzene rings is 2. The lowest BCUT2D eigenvalue weighted by Gasteiger charge is -2.30. The van der Waals surface area contributed by atoms with Crippen LogP contribution < -0.4 is 15.2 Å². The first-order valence-corrected chi connectivity index (χ1v) is 11.2. The van der Waals surface area contributed by atoms with E-state index in [4.69, 9.17) is 30.9 Å². The van der Waals surface area contributed by atoms with E-state index in [0.29, 0.717) is 64.6 Å². The molecule has 2 aromatic carbocycles. The van der Waals surface area contributed by atoms with Gasteiger partial charge in [0, 0.05) is 23.9 Å². The lowest BCUT2D eigenvalue weighted by atomic mass is 9.83. The van der Waals surface area contributed by atoms with E-state index in [9.17, 15) is 14.7 Å². The summed E-state index contributed by atoms with van der Waals surface area (Å²) in [5.41, 5.74) is 1.41.